The second kappa shape index (κ2) is 18.5. The fourth-order valence-corrected chi connectivity index (χ4v) is 2.89. The Labute approximate surface area is 155 Å². The van der Waals surface area contributed by atoms with Crippen LogP contribution in [0, 0.1) is 0 Å². The fraction of sp³-hybridized carbons (Fsp3) is 1.00. The van der Waals surface area contributed by atoms with Crippen LogP contribution in [0.5, 0.6) is 0 Å². The van der Waals surface area contributed by atoms with Crippen LogP contribution < -0.4 is 11.5 Å². The van der Waals surface area contributed by atoms with E-state index in [0.29, 0.717) is 13.1 Å². The first-order chi connectivity index (χ1) is 12.1. The minimum Gasteiger partial charge on any atom is -0.381 e. The molecular weight excluding hydrogens is 386 g/mol. The lowest BCUT2D eigenvalue weighted by Gasteiger charge is -2.04. The highest BCUT2D eigenvalue weighted by atomic mass is 31.2. The predicted molar refractivity (Wildman–Crippen MR) is 101 cm³/mol. The Bertz CT molecular complexity index is 353. The number of hydrogen-bond donors (Lipinski definition) is 6. The number of nitrogens with two attached hydrogens (primary N) is 2. The molecule has 0 heterocycles. The van der Waals surface area contributed by atoms with Gasteiger partial charge in [0.2, 0.25) is 0 Å². The summed E-state index contributed by atoms with van der Waals surface area (Å²) in [5.41, 5.74) is 10.7. The quantitative estimate of drug-likeness (QED) is 0.152. The van der Waals surface area contributed by atoms with E-state index >= 15 is 0 Å². The molecule has 10 nitrogen and oxygen atoms in total. The number of unbranched alkanes of at least 4 members (excludes halogenated alkanes) is 2. The molecule has 12 heteroatoms. The molecule has 0 aromatic heterocycles. The highest BCUT2D eigenvalue weighted by molar-refractivity contribution is 7.52. The van der Waals surface area contributed by atoms with Gasteiger partial charge in [-0.05, 0) is 51.6 Å². The van der Waals surface area contributed by atoms with E-state index in [1.54, 1.807) is 0 Å². The molecular formula is C14H36N2O8P2. The van der Waals surface area contributed by atoms with E-state index in [-0.39, 0.29) is 25.2 Å². The molecule has 0 radical (unpaired) electrons. The van der Waals surface area contributed by atoms with E-state index in [2.05, 4.69) is 0 Å². The van der Waals surface area contributed by atoms with E-state index in [9.17, 15) is 9.13 Å². The van der Waals surface area contributed by atoms with Crippen molar-refractivity contribution in [3.63, 3.8) is 0 Å². The molecule has 0 atom stereocenters. The SMILES string of the molecule is NCCCOCCCCOCCCN.O=P(O)(O)CCCCP(=O)(O)O. The van der Waals surface area contributed by atoms with Gasteiger partial charge in [-0.3, -0.25) is 9.13 Å². The fourth-order valence-electron chi connectivity index (χ4n) is 1.62. The molecule has 160 valence electrons. The van der Waals surface area contributed by atoms with Crippen molar-refractivity contribution >= 4 is 15.2 Å². The van der Waals surface area contributed by atoms with Crippen molar-refractivity contribution in [2.75, 3.05) is 51.8 Å². The van der Waals surface area contributed by atoms with Crippen molar-refractivity contribution in [2.24, 2.45) is 11.5 Å². The van der Waals surface area contributed by atoms with Crippen LogP contribution in [0.15, 0.2) is 0 Å². The van der Waals surface area contributed by atoms with Crippen LogP contribution >= 0.6 is 15.2 Å². The Balaban J connectivity index is 0. The summed E-state index contributed by atoms with van der Waals surface area (Å²) in [7, 11) is -8.00. The maximum atomic E-state index is 10.3. The van der Waals surface area contributed by atoms with Gasteiger partial charge >= 0.3 is 15.2 Å². The Morgan fingerprint density at radius 2 is 0.885 bits per heavy atom. The van der Waals surface area contributed by atoms with Crippen LogP contribution in [0.4, 0.5) is 0 Å². The van der Waals surface area contributed by atoms with Gasteiger partial charge in [0.1, 0.15) is 0 Å². The first-order valence-corrected chi connectivity index (χ1v) is 12.4. The van der Waals surface area contributed by atoms with E-state index < -0.39 is 15.2 Å². The van der Waals surface area contributed by atoms with Gasteiger partial charge in [0.25, 0.3) is 0 Å². The van der Waals surface area contributed by atoms with Crippen LogP contribution in [-0.4, -0.2) is 71.4 Å². The van der Waals surface area contributed by atoms with Crippen molar-refractivity contribution in [1.82, 2.24) is 0 Å². The van der Waals surface area contributed by atoms with Crippen molar-refractivity contribution in [3.05, 3.63) is 0 Å². The van der Waals surface area contributed by atoms with Gasteiger partial charge in [-0.25, -0.2) is 0 Å². The zero-order chi connectivity index (χ0) is 20.3. The Kier molecular flexibility index (Phi) is 20.2. The van der Waals surface area contributed by atoms with Crippen molar-refractivity contribution < 1.29 is 38.2 Å². The molecule has 26 heavy (non-hydrogen) atoms. The molecule has 0 rings (SSSR count). The molecule has 0 amide bonds. The Hall–Kier alpha value is 0.140. The van der Waals surface area contributed by atoms with E-state index in [0.717, 1.165) is 52.1 Å². The summed E-state index contributed by atoms with van der Waals surface area (Å²) in [6, 6.07) is 0. The zero-order valence-corrected chi connectivity index (χ0v) is 17.2. The third-order valence-electron chi connectivity index (χ3n) is 2.96. The van der Waals surface area contributed by atoms with E-state index in [4.69, 9.17) is 40.5 Å². The third-order valence-corrected chi connectivity index (χ3v) is 4.76. The molecule has 0 spiro atoms. The Morgan fingerprint density at radius 1 is 0.577 bits per heavy atom. The second-order valence-corrected chi connectivity index (χ2v) is 9.25. The summed E-state index contributed by atoms with van der Waals surface area (Å²) < 4.78 is 31.2. The smallest absolute Gasteiger partial charge is 0.325 e. The van der Waals surface area contributed by atoms with Gasteiger partial charge in [-0.1, -0.05) is 0 Å². The van der Waals surface area contributed by atoms with Crippen LogP contribution in [-0.2, 0) is 18.6 Å². The first kappa shape index (κ1) is 28.4. The Morgan fingerprint density at radius 3 is 1.15 bits per heavy atom. The number of hydrogen-bond acceptors (Lipinski definition) is 6. The van der Waals surface area contributed by atoms with Gasteiger partial charge in [0.05, 0.1) is 0 Å². The summed E-state index contributed by atoms with van der Waals surface area (Å²) in [4.78, 5) is 33.5. The molecule has 0 aromatic carbocycles. The second-order valence-electron chi connectivity index (χ2n) is 5.70. The minimum absolute atomic E-state index is 0.134. The lowest BCUT2D eigenvalue weighted by atomic mass is 10.3. The summed E-state index contributed by atoms with van der Waals surface area (Å²) in [6.45, 7) is 4.62. The lowest BCUT2D eigenvalue weighted by Crippen LogP contribution is -2.07. The van der Waals surface area contributed by atoms with Gasteiger partial charge in [0, 0.05) is 38.8 Å². The monoisotopic (exact) mass is 422 g/mol. The summed E-state index contributed by atoms with van der Waals surface area (Å²) in [5.74, 6) is 0. The molecule has 0 aliphatic rings. The van der Waals surface area contributed by atoms with Gasteiger partial charge in [0.15, 0.2) is 0 Å². The summed E-state index contributed by atoms with van der Waals surface area (Å²) in [6.07, 6.45) is 3.67. The zero-order valence-electron chi connectivity index (χ0n) is 15.4. The van der Waals surface area contributed by atoms with Crippen LogP contribution in [0.1, 0.15) is 38.5 Å². The lowest BCUT2D eigenvalue weighted by molar-refractivity contribution is 0.102. The molecule has 0 fully saturated rings. The molecule has 0 saturated carbocycles. The number of ether oxygens (including phenoxy) is 2. The maximum Gasteiger partial charge on any atom is 0.325 e. The van der Waals surface area contributed by atoms with Crippen molar-refractivity contribution in [2.45, 2.75) is 38.5 Å². The highest BCUT2D eigenvalue weighted by Crippen LogP contribution is 2.38. The maximum absolute atomic E-state index is 10.3. The van der Waals surface area contributed by atoms with Crippen molar-refractivity contribution in [3.8, 4) is 0 Å². The van der Waals surface area contributed by atoms with Crippen LogP contribution in [0.3, 0.4) is 0 Å². The summed E-state index contributed by atoms with van der Waals surface area (Å²) in [5, 5.41) is 0. The molecule has 0 aliphatic carbocycles. The first-order valence-electron chi connectivity index (χ1n) is 8.77. The third kappa shape index (κ3) is 31.9. The standard InChI is InChI=1S/C10H24N2O2.C4H12O6P2/c11-5-3-9-13-7-1-2-8-14-10-4-6-12;5-11(6,7)3-1-2-4-12(8,9)10/h1-12H2;1-4H2,(H2,5,6,7)(H2,8,9,10). The summed E-state index contributed by atoms with van der Waals surface area (Å²) >= 11 is 0. The molecule has 0 saturated heterocycles. The predicted octanol–water partition coefficient (Wildman–Crippen LogP) is 0.619. The topological polar surface area (TPSA) is 186 Å². The highest BCUT2D eigenvalue weighted by Gasteiger charge is 2.15. The molecule has 0 aliphatic heterocycles. The largest absolute Gasteiger partial charge is 0.381 e. The van der Waals surface area contributed by atoms with Gasteiger partial charge < -0.3 is 40.5 Å². The average Bonchev–Trinajstić information content (AvgIpc) is 2.52. The molecule has 0 bridgehead atoms. The minimum atomic E-state index is -4.00. The molecule has 0 unspecified atom stereocenters. The number of rotatable bonds is 16. The van der Waals surface area contributed by atoms with Gasteiger partial charge in [-0.15, -0.1) is 0 Å². The van der Waals surface area contributed by atoms with E-state index in [1.165, 1.54) is 0 Å². The average molecular weight is 422 g/mol. The normalized spacial score (nSPS) is 11.9. The van der Waals surface area contributed by atoms with Crippen LogP contribution in [0.2, 0.25) is 0 Å². The molecule has 8 N–H and O–H groups in total. The van der Waals surface area contributed by atoms with Crippen LogP contribution in [0.25, 0.3) is 0 Å². The van der Waals surface area contributed by atoms with Crippen molar-refractivity contribution in [1.29, 1.82) is 0 Å². The van der Waals surface area contributed by atoms with E-state index in [1.807, 2.05) is 0 Å². The molecule has 0 aromatic rings. The van der Waals surface area contributed by atoms with Gasteiger partial charge in [-0.2, -0.15) is 0 Å².